The van der Waals surface area contributed by atoms with Crippen LogP contribution in [0.1, 0.15) is 23.9 Å². The maximum Gasteiger partial charge on any atom is 0.416 e. The molecule has 1 N–H and O–H groups in total. The van der Waals surface area contributed by atoms with Crippen LogP contribution in [0.4, 0.5) is 13.2 Å². The van der Waals surface area contributed by atoms with Gasteiger partial charge in [-0.25, -0.2) is 0 Å². The summed E-state index contributed by atoms with van der Waals surface area (Å²) in [4.78, 5) is 11.9. The van der Waals surface area contributed by atoms with Crippen LogP contribution < -0.4 is 5.32 Å². The molecule has 2 rings (SSSR count). The van der Waals surface area contributed by atoms with E-state index >= 15 is 0 Å². The molecule has 0 saturated carbocycles. The number of hydrogen-bond donors (Lipinski definition) is 1. The number of carbonyl (C=O) groups excluding carboxylic acids is 1. The number of carbonyl (C=O) groups is 1. The Labute approximate surface area is 137 Å². The van der Waals surface area contributed by atoms with Crippen molar-refractivity contribution in [1.82, 2.24) is 20.1 Å². The zero-order valence-electron chi connectivity index (χ0n) is 13.3. The van der Waals surface area contributed by atoms with Gasteiger partial charge in [-0.2, -0.15) is 13.2 Å². The molecule has 0 aliphatic carbocycles. The maximum absolute atomic E-state index is 12.7. The van der Waals surface area contributed by atoms with E-state index in [1.54, 1.807) is 24.7 Å². The average molecular weight is 338 g/mol. The SMILES string of the molecule is C/C(=C/C(=O)NCCn1cnnc1C)c1cccc(C(F)(F)F)c1. The van der Waals surface area contributed by atoms with Gasteiger partial charge >= 0.3 is 6.18 Å². The smallest absolute Gasteiger partial charge is 0.351 e. The Hall–Kier alpha value is -2.64. The van der Waals surface area contributed by atoms with Crippen molar-refractivity contribution in [2.75, 3.05) is 6.54 Å². The van der Waals surface area contributed by atoms with E-state index in [1.807, 2.05) is 0 Å². The monoisotopic (exact) mass is 338 g/mol. The third-order valence-electron chi connectivity index (χ3n) is 3.45. The van der Waals surface area contributed by atoms with E-state index in [1.165, 1.54) is 18.2 Å². The molecule has 1 heterocycles. The Kier molecular flexibility index (Phi) is 5.38. The predicted molar refractivity (Wildman–Crippen MR) is 82.9 cm³/mol. The summed E-state index contributed by atoms with van der Waals surface area (Å²) in [5.74, 6) is 0.371. The van der Waals surface area contributed by atoms with Crippen molar-refractivity contribution in [3.63, 3.8) is 0 Å². The molecule has 24 heavy (non-hydrogen) atoms. The summed E-state index contributed by atoms with van der Waals surface area (Å²) in [6.07, 6.45) is -1.56. The maximum atomic E-state index is 12.7. The van der Waals surface area contributed by atoms with Crippen molar-refractivity contribution >= 4 is 11.5 Å². The van der Waals surface area contributed by atoms with Crippen molar-refractivity contribution in [1.29, 1.82) is 0 Å². The average Bonchev–Trinajstić information content (AvgIpc) is 2.92. The molecule has 8 heteroatoms. The minimum absolute atomic E-state index is 0.356. The molecule has 1 aromatic carbocycles. The van der Waals surface area contributed by atoms with E-state index in [9.17, 15) is 18.0 Å². The summed E-state index contributed by atoms with van der Waals surface area (Å²) >= 11 is 0. The van der Waals surface area contributed by atoms with Gasteiger partial charge < -0.3 is 9.88 Å². The zero-order valence-corrected chi connectivity index (χ0v) is 13.3. The highest BCUT2D eigenvalue weighted by atomic mass is 19.4. The van der Waals surface area contributed by atoms with E-state index in [-0.39, 0.29) is 5.91 Å². The minimum Gasteiger partial charge on any atom is -0.351 e. The third-order valence-corrected chi connectivity index (χ3v) is 3.45. The van der Waals surface area contributed by atoms with E-state index < -0.39 is 11.7 Å². The van der Waals surface area contributed by atoms with Crippen LogP contribution in [-0.2, 0) is 17.5 Å². The molecule has 0 aliphatic heterocycles. The van der Waals surface area contributed by atoms with Crippen LogP contribution in [0.3, 0.4) is 0 Å². The Balaban J connectivity index is 1.97. The van der Waals surface area contributed by atoms with Crippen molar-refractivity contribution in [3.8, 4) is 0 Å². The number of nitrogens with zero attached hydrogens (tertiary/aromatic N) is 3. The second-order valence-corrected chi connectivity index (χ2v) is 5.27. The molecule has 0 bridgehead atoms. The number of hydrogen-bond acceptors (Lipinski definition) is 3. The Morgan fingerprint density at radius 1 is 1.38 bits per heavy atom. The Morgan fingerprint density at radius 2 is 2.12 bits per heavy atom. The van der Waals surface area contributed by atoms with E-state index in [0.717, 1.165) is 18.0 Å². The number of alkyl halides is 3. The van der Waals surface area contributed by atoms with E-state index in [0.29, 0.717) is 24.2 Å². The number of halogens is 3. The van der Waals surface area contributed by atoms with Gasteiger partial charge in [0.15, 0.2) is 0 Å². The summed E-state index contributed by atoms with van der Waals surface area (Å²) in [6, 6.07) is 4.88. The summed E-state index contributed by atoms with van der Waals surface area (Å²) in [5.41, 5.74) is 0.0740. The first-order chi connectivity index (χ1) is 11.3. The molecule has 128 valence electrons. The Morgan fingerprint density at radius 3 is 2.75 bits per heavy atom. The Bertz CT molecular complexity index is 750. The predicted octanol–water partition coefficient (Wildman–Crippen LogP) is 2.83. The van der Waals surface area contributed by atoms with Gasteiger partial charge in [0, 0.05) is 19.2 Å². The van der Waals surface area contributed by atoms with Gasteiger partial charge in [-0.3, -0.25) is 4.79 Å². The fourth-order valence-corrected chi connectivity index (χ4v) is 2.10. The molecular formula is C16H17F3N4O. The van der Waals surface area contributed by atoms with Crippen LogP contribution >= 0.6 is 0 Å². The van der Waals surface area contributed by atoms with Gasteiger partial charge in [0.2, 0.25) is 5.91 Å². The highest BCUT2D eigenvalue weighted by Gasteiger charge is 2.30. The molecule has 1 amide bonds. The summed E-state index contributed by atoms with van der Waals surface area (Å²) in [5, 5.41) is 10.2. The van der Waals surface area contributed by atoms with E-state index in [4.69, 9.17) is 0 Å². The molecular weight excluding hydrogens is 321 g/mol. The fraction of sp³-hybridized carbons (Fsp3) is 0.312. The van der Waals surface area contributed by atoms with Gasteiger partial charge in [0.05, 0.1) is 5.56 Å². The van der Waals surface area contributed by atoms with Crippen LogP contribution in [0.15, 0.2) is 36.7 Å². The lowest BCUT2D eigenvalue weighted by Crippen LogP contribution is -2.25. The second kappa shape index (κ2) is 7.29. The van der Waals surface area contributed by atoms with Crippen molar-refractivity contribution in [2.24, 2.45) is 0 Å². The third kappa shape index (κ3) is 4.68. The topological polar surface area (TPSA) is 59.8 Å². The number of amides is 1. The minimum atomic E-state index is -4.41. The number of nitrogens with one attached hydrogen (secondary N) is 1. The molecule has 0 aliphatic rings. The molecule has 0 spiro atoms. The first kappa shape index (κ1) is 17.7. The van der Waals surface area contributed by atoms with Crippen molar-refractivity contribution in [3.05, 3.63) is 53.6 Å². The number of aromatic nitrogens is 3. The van der Waals surface area contributed by atoms with E-state index in [2.05, 4.69) is 15.5 Å². The highest BCUT2D eigenvalue weighted by molar-refractivity contribution is 5.94. The lowest BCUT2D eigenvalue weighted by Gasteiger charge is -2.09. The summed E-state index contributed by atoms with van der Waals surface area (Å²) in [6.45, 7) is 4.27. The molecule has 0 fully saturated rings. The molecule has 5 nitrogen and oxygen atoms in total. The quantitative estimate of drug-likeness (QED) is 0.853. The second-order valence-electron chi connectivity index (χ2n) is 5.27. The van der Waals surface area contributed by atoms with Gasteiger partial charge in [-0.15, -0.1) is 10.2 Å². The normalized spacial score (nSPS) is 12.3. The number of benzene rings is 1. The highest BCUT2D eigenvalue weighted by Crippen LogP contribution is 2.30. The van der Waals surface area contributed by atoms with Gasteiger partial charge in [-0.1, -0.05) is 12.1 Å². The molecule has 0 radical (unpaired) electrons. The number of allylic oxidation sites excluding steroid dienone is 1. The van der Waals surface area contributed by atoms with Gasteiger partial charge in [-0.05, 0) is 37.1 Å². The molecule has 0 saturated heterocycles. The van der Waals surface area contributed by atoms with Crippen LogP contribution in [-0.4, -0.2) is 27.2 Å². The largest absolute Gasteiger partial charge is 0.416 e. The van der Waals surface area contributed by atoms with Crippen LogP contribution in [0, 0.1) is 6.92 Å². The summed E-state index contributed by atoms with van der Waals surface area (Å²) < 4.78 is 39.9. The zero-order chi connectivity index (χ0) is 17.7. The van der Waals surface area contributed by atoms with Crippen molar-refractivity contribution in [2.45, 2.75) is 26.6 Å². The van der Waals surface area contributed by atoms with Crippen LogP contribution in [0.5, 0.6) is 0 Å². The lowest BCUT2D eigenvalue weighted by atomic mass is 10.0. The van der Waals surface area contributed by atoms with Gasteiger partial charge in [0.25, 0.3) is 0 Å². The van der Waals surface area contributed by atoms with Crippen LogP contribution in [0.2, 0.25) is 0 Å². The van der Waals surface area contributed by atoms with Crippen LogP contribution in [0.25, 0.3) is 5.57 Å². The first-order valence-corrected chi connectivity index (χ1v) is 7.25. The summed E-state index contributed by atoms with van der Waals surface area (Å²) in [7, 11) is 0. The molecule has 0 atom stereocenters. The number of rotatable bonds is 5. The first-order valence-electron chi connectivity index (χ1n) is 7.25. The van der Waals surface area contributed by atoms with Crippen molar-refractivity contribution < 1.29 is 18.0 Å². The molecule has 0 unspecified atom stereocenters. The fourth-order valence-electron chi connectivity index (χ4n) is 2.10. The molecule has 1 aromatic heterocycles. The standard InChI is InChI=1S/C16H17F3N4O/c1-11(13-4-3-5-14(9-13)16(17,18)19)8-15(24)20-6-7-23-10-21-22-12(23)2/h3-5,8-10H,6-7H2,1-2H3,(H,20,24)/b11-8-. The lowest BCUT2D eigenvalue weighted by molar-refractivity contribution is -0.137. The molecule has 2 aromatic rings. The van der Waals surface area contributed by atoms with Gasteiger partial charge in [0.1, 0.15) is 12.2 Å². The number of aryl methyl sites for hydroxylation is 1.